The molecule has 1 fully saturated rings. The second kappa shape index (κ2) is 7.09. The quantitative estimate of drug-likeness (QED) is 0.141. The maximum Gasteiger partial charge on any atom is 0.347 e. The van der Waals surface area contributed by atoms with Gasteiger partial charge in [-0.05, 0) is 25.1 Å². The Hall–Kier alpha value is -4.32. The molecule has 35 heavy (non-hydrogen) atoms. The third-order valence-corrected chi connectivity index (χ3v) is 7.53. The zero-order valence-corrected chi connectivity index (χ0v) is 19.0. The molecule has 0 saturated heterocycles. The van der Waals surface area contributed by atoms with Crippen molar-refractivity contribution in [3.8, 4) is 5.75 Å². The molecule has 0 unspecified atom stereocenters. The van der Waals surface area contributed by atoms with E-state index in [0.717, 1.165) is 5.56 Å². The van der Waals surface area contributed by atoms with Crippen molar-refractivity contribution in [2.45, 2.75) is 19.8 Å². The van der Waals surface area contributed by atoms with Gasteiger partial charge >= 0.3 is 11.6 Å². The van der Waals surface area contributed by atoms with Gasteiger partial charge < -0.3 is 9.15 Å². The predicted octanol–water partition coefficient (Wildman–Crippen LogP) is 4.88. The average molecular weight is 464 g/mol. The highest BCUT2D eigenvalue weighted by Gasteiger charge is 2.87. The summed E-state index contributed by atoms with van der Waals surface area (Å²) in [6.45, 7) is 3.52. The number of hydrogen-bond donors (Lipinski definition) is 0. The van der Waals surface area contributed by atoms with Crippen LogP contribution < -0.4 is 10.4 Å². The van der Waals surface area contributed by atoms with E-state index in [9.17, 15) is 19.2 Å². The Morgan fingerprint density at radius 1 is 0.857 bits per heavy atom. The molecule has 0 spiro atoms. The van der Waals surface area contributed by atoms with Crippen LogP contribution in [0.2, 0.25) is 0 Å². The molecule has 0 bridgehead atoms. The maximum absolute atomic E-state index is 14.1. The minimum Gasteiger partial charge on any atom is -0.425 e. The number of benzene rings is 3. The van der Waals surface area contributed by atoms with Crippen molar-refractivity contribution in [2.75, 3.05) is 0 Å². The summed E-state index contributed by atoms with van der Waals surface area (Å²) in [4.78, 5) is 54.6. The predicted molar refractivity (Wildman–Crippen MR) is 128 cm³/mol. The normalized spacial score (nSPS) is 24.3. The van der Waals surface area contributed by atoms with Crippen molar-refractivity contribution in [1.29, 1.82) is 0 Å². The highest BCUT2D eigenvalue weighted by atomic mass is 16.5. The number of Topliss-reactive ketones (excluding diaryl/α,β-unsaturated/α-hetero) is 2. The van der Waals surface area contributed by atoms with E-state index in [-0.39, 0.29) is 11.3 Å². The van der Waals surface area contributed by atoms with Crippen LogP contribution in [0.1, 0.15) is 44.7 Å². The molecule has 1 saturated carbocycles. The number of ketones is 2. The number of ether oxygens (including phenoxy) is 1. The first kappa shape index (κ1) is 21.2. The van der Waals surface area contributed by atoms with Crippen molar-refractivity contribution < 1.29 is 23.5 Å². The summed E-state index contributed by atoms with van der Waals surface area (Å²) in [6, 6.07) is 22.1. The molecule has 2 heterocycles. The van der Waals surface area contributed by atoms with Gasteiger partial charge in [-0.15, -0.1) is 0 Å². The van der Waals surface area contributed by atoms with Crippen molar-refractivity contribution in [3.05, 3.63) is 112 Å². The van der Waals surface area contributed by atoms with Crippen LogP contribution in [0.25, 0.3) is 11.0 Å². The van der Waals surface area contributed by atoms with E-state index >= 15 is 0 Å². The summed E-state index contributed by atoms with van der Waals surface area (Å²) in [7, 11) is 0. The van der Waals surface area contributed by atoms with Crippen LogP contribution in [0, 0.1) is 17.8 Å². The third kappa shape index (κ3) is 2.65. The largest absolute Gasteiger partial charge is 0.425 e. The van der Waals surface area contributed by atoms with E-state index in [1.807, 2.05) is 6.92 Å². The summed E-state index contributed by atoms with van der Waals surface area (Å²) in [5.74, 6) is -2.41. The van der Waals surface area contributed by atoms with E-state index in [4.69, 9.17) is 9.15 Å². The lowest BCUT2D eigenvalue weighted by molar-refractivity contribution is -0.140. The van der Waals surface area contributed by atoms with Gasteiger partial charge in [0.15, 0.2) is 17.0 Å². The van der Waals surface area contributed by atoms with Crippen LogP contribution in [-0.4, -0.2) is 17.5 Å². The lowest BCUT2D eigenvalue weighted by atomic mass is 9.82. The molecule has 0 radical (unpaired) electrons. The highest BCUT2D eigenvalue weighted by molar-refractivity contribution is 6.25. The first-order chi connectivity index (χ1) is 16.8. The van der Waals surface area contributed by atoms with E-state index in [1.54, 1.807) is 79.7 Å². The van der Waals surface area contributed by atoms with Crippen LogP contribution >= 0.6 is 0 Å². The lowest BCUT2D eigenvalue weighted by Gasteiger charge is -2.22. The maximum atomic E-state index is 14.1. The van der Waals surface area contributed by atoms with Crippen molar-refractivity contribution in [2.24, 2.45) is 10.8 Å². The molecule has 6 rings (SSSR count). The van der Waals surface area contributed by atoms with E-state index < -0.39 is 34.1 Å². The van der Waals surface area contributed by atoms with Crippen LogP contribution in [0.15, 0.2) is 88.1 Å². The zero-order valence-electron chi connectivity index (χ0n) is 19.0. The standard InChI is InChI=1S/C29H20O6/c1-16-11-13-17(14-12-16)24(30)28(2)23-19-8-4-6-10-22(19)35-27(33)29(23,28)25(31)20-15-18-7-3-5-9-21(18)34-26(20)32/h3-15,23H,1-2H3/t23-,28-,29-/m0/s1. The van der Waals surface area contributed by atoms with Gasteiger partial charge in [0, 0.05) is 22.4 Å². The Labute approximate surface area is 200 Å². The Balaban J connectivity index is 1.58. The Bertz CT molecular complexity index is 1630. The molecule has 3 atom stereocenters. The Morgan fingerprint density at radius 3 is 2.31 bits per heavy atom. The van der Waals surface area contributed by atoms with Crippen molar-refractivity contribution in [1.82, 2.24) is 0 Å². The number of fused-ring (bicyclic) bond motifs is 4. The fourth-order valence-electron chi connectivity index (χ4n) is 5.69. The van der Waals surface area contributed by atoms with Gasteiger partial charge in [0.05, 0.1) is 5.41 Å². The number of rotatable bonds is 4. The lowest BCUT2D eigenvalue weighted by Crippen LogP contribution is -2.40. The van der Waals surface area contributed by atoms with Crippen LogP contribution in [-0.2, 0) is 4.79 Å². The van der Waals surface area contributed by atoms with Crippen LogP contribution in [0.5, 0.6) is 5.75 Å². The van der Waals surface area contributed by atoms with E-state index in [1.165, 1.54) is 6.07 Å². The smallest absolute Gasteiger partial charge is 0.347 e. The summed E-state index contributed by atoms with van der Waals surface area (Å²) >= 11 is 0. The van der Waals surface area contributed by atoms with Gasteiger partial charge in [0.1, 0.15) is 16.9 Å². The van der Waals surface area contributed by atoms with E-state index in [2.05, 4.69) is 0 Å². The second-order valence-corrected chi connectivity index (χ2v) is 9.38. The van der Waals surface area contributed by atoms with Crippen LogP contribution in [0.3, 0.4) is 0 Å². The molecule has 0 amide bonds. The summed E-state index contributed by atoms with van der Waals surface area (Å²) < 4.78 is 11.0. The summed E-state index contributed by atoms with van der Waals surface area (Å²) in [6.07, 6.45) is 0. The SMILES string of the molecule is Cc1ccc(C(=O)[C@]2(C)[C@@H]3c4ccccc4OC(=O)[C@@]32C(=O)c2cc3ccccc3oc2=O)cc1. The van der Waals surface area contributed by atoms with E-state index in [0.29, 0.717) is 27.8 Å². The molecular weight excluding hydrogens is 444 g/mol. The Morgan fingerprint density at radius 2 is 1.54 bits per heavy atom. The third-order valence-electron chi connectivity index (χ3n) is 7.53. The second-order valence-electron chi connectivity index (χ2n) is 9.38. The Kier molecular flexibility index (Phi) is 4.30. The topological polar surface area (TPSA) is 90.7 Å². The molecular formula is C29H20O6. The molecule has 1 aromatic heterocycles. The highest BCUT2D eigenvalue weighted by Crippen LogP contribution is 2.79. The van der Waals surface area contributed by atoms with Crippen molar-refractivity contribution in [3.63, 3.8) is 0 Å². The van der Waals surface area contributed by atoms with Gasteiger partial charge in [0.25, 0.3) is 0 Å². The molecule has 6 heteroatoms. The van der Waals surface area contributed by atoms with Crippen LogP contribution in [0.4, 0.5) is 0 Å². The van der Waals surface area contributed by atoms with Crippen molar-refractivity contribution >= 4 is 28.5 Å². The molecule has 1 aliphatic heterocycles. The monoisotopic (exact) mass is 464 g/mol. The van der Waals surface area contributed by atoms with Gasteiger partial charge in [-0.3, -0.25) is 14.4 Å². The minimum absolute atomic E-state index is 0.273. The number of aryl methyl sites for hydroxylation is 1. The first-order valence-electron chi connectivity index (χ1n) is 11.3. The fourth-order valence-corrected chi connectivity index (χ4v) is 5.69. The number of hydrogen-bond acceptors (Lipinski definition) is 6. The number of para-hydroxylation sites is 2. The number of carbonyl (C=O) groups excluding carboxylic acids is 3. The molecule has 2 aliphatic rings. The number of carbonyl (C=O) groups is 3. The zero-order chi connectivity index (χ0) is 24.5. The fraction of sp³-hybridized carbons (Fsp3) is 0.172. The van der Waals surface area contributed by atoms with Gasteiger partial charge in [-0.1, -0.05) is 73.2 Å². The summed E-state index contributed by atoms with van der Waals surface area (Å²) in [5, 5.41) is 0.542. The molecule has 4 aromatic rings. The first-order valence-corrected chi connectivity index (χ1v) is 11.3. The molecule has 1 aliphatic carbocycles. The molecule has 3 aromatic carbocycles. The van der Waals surface area contributed by atoms with Gasteiger partial charge in [-0.25, -0.2) is 4.79 Å². The number of esters is 1. The molecule has 6 nitrogen and oxygen atoms in total. The molecule has 172 valence electrons. The van der Waals surface area contributed by atoms with Gasteiger partial charge in [0.2, 0.25) is 0 Å². The average Bonchev–Trinajstić information content (AvgIpc) is 3.46. The summed E-state index contributed by atoms with van der Waals surface area (Å²) in [5.41, 5.74) is -2.17. The minimum atomic E-state index is -1.87. The molecule has 0 N–H and O–H groups in total. The van der Waals surface area contributed by atoms with Gasteiger partial charge in [-0.2, -0.15) is 0 Å².